The smallest absolute Gasteiger partial charge is 0.173 e. The Morgan fingerprint density at radius 2 is 1.79 bits per heavy atom. The zero-order valence-corrected chi connectivity index (χ0v) is 11.8. The molecule has 0 aliphatic carbocycles. The monoisotopic (exact) mass is 326 g/mol. The van der Waals surface area contributed by atoms with Crippen LogP contribution in [0.3, 0.4) is 0 Å². The van der Waals surface area contributed by atoms with E-state index in [1.54, 1.807) is 0 Å². The third-order valence-corrected chi connectivity index (χ3v) is 3.85. The van der Waals surface area contributed by atoms with Crippen LogP contribution in [0.1, 0.15) is 22.7 Å². The van der Waals surface area contributed by atoms with E-state index in [0.29, 0.717) is 5.56 Å². The second-order valence-electron chi connectivity index (χ2n) is 4.22. The van der Waals surface area contributed by atoms with Crippen molar-refractivity contribution in [3.05, 3.63) is 69.2 Å². The first kappa shape index (κ1) is 14.1. The fourth-order valence-corrected chi connectivity index (χ4v) is 2.57. The van der Waals surface area contributed by atoms with Gasteiger partial charge in [-0.2, -0.15) is 0 Å². The van der Waals surface area contributed by atoms with E-state index in [0.717, 1.165) is 17.2 Å². The number of hydrogen-bond donors (Lipinski definition) is 2. The molecule has 0 spiro atoms. The fourth-order valence-electron chi connectivity index (χ4n) is 2.02. The third kappa shape index (κ3) is 2.68. The maximum Gasteiger partial charge on any atom is 0.173 e. The lowest BCUT2D eigenvalue weighted by Crippen LogP contribution is -2.29. The molecule has 2 nitrogen and oxygen atoms in total. The lowest BCUT2D eigenvalue weighted by molar-refractivity contribution is 0.498. The van der Waals surface area contributed by atoms with Crippen molar-refractivity contribution in [3.63, 3.8) is 0 Å². The summed E-state index contributed by atoms with van der Waals surface area (Å²) in [4.78, 5) is 0. The van der Waals surface area contributed by atoms with Crippen LogP contribution in [-0.2, 0) is 0 Å². The van der Waals surface area contributed by atoms with Crippen LogP contribution in [0.15, 0.2) is 40.9 Å². The molecule has 3 N–H and O–H groups in total. The highest BCUT2D eigenvalue weighted by Crippen LogP contribution is 2.32. The fraction of sp³-hybridized carbons (Fsp3) is 0.143. The summed E-state index contributed by atoms with van der Waals surface area (Å²) in [5.74, 6) is 3.77. The van der Waals surface area contributed by atoms with Gasteiger partial charge in [-0.3, -0.25) is 5.84 Å². The molecule has 0 radical (unpaired) electrons. The summed E-state index contributed by atoms with van der Waals surface area (Å²) in [7, 11) is 0. The summed E-state index contributed by atoms with van der Waals surface area (Å²) < 4.78 is 26.8. The van der Waals surface area contributed by atoms with E-state index >= 15 is 0 Å². The molecule has 0 amide bonds. The molecule has 0 saturated carbocycles. The molecular formula is C14H13BrF2N2. The lowest BCUT2D eigenvalue weighted by Gasteiger charge is -2.20. The lowest BCUT2D eigenvalue weighted by atomic mass is 9.95. The molecule has 100 valence electrons. The van der Waals surface area contributed by atoms with Crippen LogP contribution in [0.5, 0.6) is 0 Å². The number of nitrogens with one attached hydrogen (secondary N) is 1. The van der Waals surface area contributed by atoms with E-state index in [-0.39, 0.29) is 4.47 Å². The number of hydrogen-bond acceptors (Lipinski definition) is 2. The van der Waals surface area contributed by atoms with E-state index in [9.17, 15) is 8.78 Å². The van der Waals surface area contributed by atoms with Gasteiger partial charge in [-0.05, 0) is 45.6 Å². The molecule has 0 aliphatic heterocycles. The van der Waals surface area contributed by atoms with Gasteiger partial charge in [0.25, 0.3) is 0 Å². The SMILES string of the molecule is Cc1ccccc1C(NN)c1ccc(F)c(F)c1Br. The van der Waals surface area contributed by atoms with Gasteiger partial charge in [0.1, 0.15) is 0 Å². The normalized spacial score (nSPS) is 12.5. The van der Waals surface area contributed by atoms with E-state index in [2.05, 4.69) is 21.4 Å². The Labute approximate surface area is 118 Å². The van der Waals surface area contributed by atoms with Gasteiger partial charge < -0.3 is 0 Å². The second kappa shape index (κ2) is 5.77. The van der Waals surface area contributed by atoms with Gasteiger partial charge >= 0.3 is 0 Å². The zero-order valence-electron chi connectivity index (χ0n) is 10.3. The van der Waals surface area contributed by atoms with Gasteiger partial charge in [-0.15, -0.1) is 0 Å². The maximum absolute atomic E-state index is 13.6. The Hall–Kier alpha value is -1.30. The molecule has 2 rings (SSSR count). The van der Waals surface area contributed by atoms with Crippen LogP contribution in [0.4, 0.5) is 8.78 Å². The molecular weight excluding hydrogens is 314 g/mol. The van der Waals surface area contributed by atoms with Crippen molar-refractivity contribution < 1.29 is 8.78 Å². The molecule has 19 heavy (non-hydrogen) atoms. The summed E-state index contributed by atoms with van der Waals surface area (Å²) in [5, 5.41) is 0. The van der Waals surface area contributed by atoms with Gasteiger partial charge in [0, 0.05) is 0 Å². The molecule has 2 aromatic carbocycles. The summed E-state index contributed by atoms with van der Waals surface area (Å²) in [6.07, 6.45) is 0. The Bertz CT molecular complexity index is 602. The van der Waals surface area contributed by atoms with Crippen molar-refractivity contribution in [1.82, 2.24) is 5.43 Å². The quantitative estimate of drug-likeness (QED) is 0.514. The molecule has 1 atom stereocenters. The molecule has 0 aromatic heterocycles. The van der Waals surface area contributed by atoms with Gasteiger partial charge in [0.05, 0.1) is 10.5 Å². The third-order valence-electron chi connectivity index (χ3n) is 3.04. The van der Waals surface area contributed by atoms with Crippen LogP contribution < -0.4 is 11.3 Å². The standard InChI is InChI=1S/C14H13BrF2N2/c1-8-4-2-3-5-9(8)14(19-18)10-6-7-11(16)13(17)12(10)15/h2-7,14,19H,18H2,1H3. The molecule has 0 saturated heterocycles. The first-order valence-electron chi connectivity index (χ1n) is 5.71. The van der Waals surface area contributed by atoms with Gasteiger partial charge in [-0.25, -0.2) is 14.2 Å². The van der Waals surface area contributed by atoms with Crippen LogP contribution >= 0.6 is 15.9 Å². The molecule has 0 heterocycles. The van der Waals surface area contributed by atoms with Crippen molar-refractivity contribution in [2.24, 2.45) is 5.84 Å². The predicted molar refractivity (Wildman–Crippen MR) is 74.4 cm³/mol. The maximum atomic E-state index is 13.6. The first-order valence-corrected chi connectivity index (χ1v) is 6.50. The van der Waals surface area contributed by atoms with Crippen molar-refractivity contribution in [1.29, 1.82) is 0 Å². The highest BCUT2D eigenvalue weighted by molar-refractivity contribution is 9.10. The number of nitrogens with two attached hydrogens (primary N) is 1. The number of halogens is 3. The molecule has 0 bridgehead atoms. The molecule has 0 aliphatic rings. The molecule has 0 fully saturated rings. The van der Waals surface area contributed by atoms with Gasteiger partial charge in [-0.1, -0.05) is 30.3 Å². The van der Waals surface area contributed by atoms with Crippen molar-refractivity contribution in [2.75, 3.05) is 0 Å². The van der Waals surface area contributed by atoms with Crippen molar-refractivity contribution in [3.8, 4) is 0 Å². The topological polar surface area (TPSA) is 38.0 Å². The first-order chi connectivity index (χ1) is 9.06. The number of rotatable bonds is 3. The average molecular weight is 327 g/mol. The summed E-state index contributed by atoms with van der Waals surface area (Å²) in [6, 6.07) is 9.82. The Kier molecular flexibility index (Phi) is 4.29. The Balaban J connectivity index is 2.55. The minimum Gasteiger partial charge on any atom is -0.271 e. The van der Waals surface area contributed by atoms with Crippen LogP contribution in [0, 0.1) is 18.6 Å². The van der Waals surface area contributed by atoms with E-state index in [1.807, 2.05) is 31.2 Å². The predicted octanol–water partition coefficient (Wildman–Crippen LogP) is 3.59. The zero-order chi connectivity index (χ0) is 14.0. The minimum absolute atomic E-state index is 0.0821. The van der Waals surface area contributed by atoms with Crippen LogP contribution in [0.25, 0.3) is 0 Å². The average Bonchev–Trinajstić information content (AvgIpc) is 2.41. The summed E-state index contributed by atoms with van der Waals surface area (Å²) in [5.41, 5.74) is 5.12. The Morgan fingerprint density at radius 3 is 2.42 bits per heavy atom. The van der Waals surface area contributed by atoms with Gasteiger partial charge in [0.15, 0.2) is 11.6 Å². The number of benzene rings is 2. The summed E-state index contributed by atoms with van der Waals surface area (Å²) >= 11 is 3.08. The largest absolute Gasteiger partial charge is 0.271 e. The second-order valence-corrected chi connectivity index (χ2v) is 5.01. The minimum atomic E-state index is -0.911. The number of aryl methyl sites for hydroxylation is 1. The van der Waals surface area contributed by atoms with Crippen molar-refractivity contribution >= 4 is 15.9 Å². The Morgan fingerprint density at radius 1 is 1.11 bits per heavy atom. The molecule has 2 aromatic rings. The highest BCUT2D eigenvalue weighted by atomic mass is 79.9. The summed E-state index contributed by atoms with van der Waals surface area (Å²) in [6.45, 7) is 1.94. The molecule has 5 heteroatoms. The van der Waals surface area contributed by atoms with E-state index < -0.39 is 17.7 Å². The van der Waals surface area contributed by atoms with Crippen molar-refractivity contribution in [2.45, 2.75) is 13.0 Å². The highest BCUT2D eigenvalue weighted by Gasteiger charge is 2.20. The molecule has 1 unspecified atom stereocenters. The van der Waals surface area contributed by atoms with E-state index in [4.69, 9.17) is 5.84 Å². The number of hydrazine groups is 1. The van der Waals surface area contributed by atoms with Crippen LogP contribution in [0.2, 0.25) is 0 Å². The van der Waals surface area contributed by atoms with Gasteiger partial charge in [0.2, 0.25) is 0 Å². The van der Waals surface area contributed by atoms with E-state index in [1.165, 1.54) is 6.07 Å². The van der Waals surface area contributed by atoms with Crippen LogP contribution in [-0.4, -0.2) is 0 Å².